The molecular formula is C27H36N2O4. The van der Waals surface area contributed by atoms with Crippen molar-refractivity contribution in [1.82, 2.24) is 5.32 Å². The molecule has 0 aliphatic heterocycles. The van der Waals surface area contributed by atoms with Crippen LogP contribution in [0.25, 0.3) is 0 Å². The van der Waals surface area contributed by atoms with Gasteiger partial charge in [0.15, 0.2) is 0 Å². The maximum atomic E-state index is 11.9. The van der Waals surface area contributed by atoms with E-state index in [4.69, 9.17) is 10.5 Å². The van der Waals surface area contributed by atoms with Crippen LogP contribution in [0.3, 0.4) is 0 Å². The lowest BCUT2D eigenvalue weighted by Crippen LogP contribution is -2.59. The first-order valence-electron chi connectivity index (χ1n) is 11.8. The highest BCUT2D eigenvalue weighted by Gasteiger charge is 2.46. The topological polar surface area (TPSA) is 102 Å². The summed E-state index contributed by atoms with van der Waals surface area (Å²) >= 11 is 0. The van der Waals surface area contributed by atoms with Crippen LogP contribution in [-0.2, 0) is 27.8 Å². The van der Waals surface area contributed by atoms with E-state index in [2.05, 4.69) is 19.2 Å². The third kappa shape index (κ3) is 5.28. The summed E-state index contributed by atoms with van der Waals surface area (Å²) in [5.74, 6) is -1.67. The van der Waals surface area contributed by atoms with Gasteiger partial charge in [-0.2, -0.15) is 0 Å². The molecule has 1 amide bonds. The Balaban J connectivity index is 1.83. The largest absolute Gasteiger partial charge is 0.481 e. The summed E-state index contributed by atoms with van der Waals surface area (Å²) in [6.45, 7) is 4.89. The normalized spacial score (nSPS) is 20.1. The average Bonchev–Trinajstić information content (AvgIpc) is 2.83. The lowest BCUT2D eigenvalue weighted by molar-refractivity contribution is -0.141. The van der Waals surface area contributed by atoms with Crippen LogP contribution in [0.15, 0.2) is 48.5 Å². The zero-order valence-corrected chi connectivity index (χ0v) is 19.8. The molecule has 0 unspecified atom stereocenters. The summed E-state index contributed by atoms with van der Waals surface area (Å²) in [6.07, 6.45) is 3.44. The van der Waals surface area contributed by atoms with E-state index in [9.17, 15) is 14.7 Å². The molecule has 2 aromatic rings. The van der Waals surface area contributed by atoms with Gasteiger partial charge < -0.3 is 20.9 Å². The van der Waals surface area contributed by atoms with E-state index in [0.717, 1.165) is 30.4 Å². The number of carboxylic acid groups (broad SMARTS) is 1. The van der Waals surface area contributed by atoms with Crippen molar-refractivity contribution in [2.75, 3.05) is 13.7 Å². The molecule has 1 aliphatic carbocycles. The number of hydrogen-bond acceptors (Lipinski definition) is 4. The third-order valence-electron chi connectivity index (χ3n) is 7.41. The van der Waals surface area contributed by atoms with Gasteiger partial charge in [0.25, 0.3) is 0 Å². The first kappa shape index (κ1) is 24.9. The Morgan fingerprint density at radius 1 is 1.18 bits per heavy atom. The number of nitrogens with two attached hydrogens (primary N) is 1. The number of hydrogen-bond donors (Lipinski definition) is 3. The number of nitrogens with one attached hydrogen (secondary N) is 1. The van der Waals surface area contributed by atoms with Gasteiger partial charge in [-0.3, -0.25) is 9.59 Å². The standard InChI is InChI=1S/C27H36N2O4/c1-4-27(5-2)22-16-20(25(28)30)12-11-19(22)17-23(33-3)24(27)29-14-13-21(26(31)32)15-18-9-7-6-8-10-18/h6-12,16,21,23-24,29H,4-5,13-15,17H2,1-3H3,(H2,28,30)(H,31,32)/t21-,23+,24-/m1/s1. The van der Waals surface area contributed by atoms with Crippen molar-refractivity contribution in [3.63, 3.8) is 0 Å². The number of rotatable bonds is 11. The van der Waals surface area contributed by atoms with E-state index in [1.165, 1.54) is 5.56 Å². The molecule has 0 radical (unpaired) electrons. The van der Waals surface area contributed by atoms with Gasteiger partial charge in [0.1, 0.15) is 0 Å². The van der Waals surface area contributed by atoms with Crippen molar-refractivity contribution in [2.24, 2.45) is 11.7 Å². The van der Waals surface area contributed by atoms with Crippen molar-refractivity contribution in [2.45, 2.75) is 63.5 Å². The molecule has 2 aromatic carbocycles. The highest BCUT2D eigenvalue weighted by atomic mass is 16.5. The number of benzene rings is 2. The van der Waals surface area contributed by atoms with E-state index < -0.39 is 17.8 Å². The number of carbonyl (C=O) groups excluding carboxylic acids is 1. The highest BCUT2D eigenvalue weighted by Crippen LogP contribution is 2.44. The molecule has 3 rings (SSSR count). The van der Waals surface area contributed by atoms with Crippen LogP contribution in [-0.4, -0.2) is 42.8 Å². The lowest BCUT2D eigenvalue weighted by atomic mass is 9.62. The van der Waals surface area contributed by atoms with E-state index >= 15 is 0 Å². The van der Waals surface area contributed by atoms with Gasteiger partial charge in [-0.05, 0) is 61.1 Å². The fourth-order valence-corrected chi connectivity index (χ4v) is 5.47. The summed E-state index contributed by atoms with van der Waals surface area (Å²) in [6, 6.07) is 15.5. The molecule has 6 nitrogen and oxygen atoms in total. The van der Waals surface area contributed by atoms with Gasteiger partial charge in [-0.1, -0.05) is 50.2 Å². The zero-order valence-electron chi connectivity index (χ0n) is 19.8. The zero-order chi connectivity index (χ0) is 24.0. The van der Waals surface area contributed by atoms with Crippen LogP contribution in [0.5, 0.6) is 0 Å². The summed E-state index contributed by atoms with van der Waals surface area (Å²) in [5, 5.41) is 13.5. The number of ether oxygens (including phenoxy) is 1. The molecule has 33 heavy (non-hydrogen) atoms. The van der Waals surface area contributed by atoms with Gasteiger partial charge in [0, 0.05) is 30.6 Å². The molecule has 0 spiro atoms. The van der Waals surface area contributed by atoms with Crippen molar-refractivity contribution in [3.8, 4) is 0 Å². The number of carbonyl (C=O) groups is 2. The molecular weight excluding hydrogens is 416 g/mol. The van der Waals surface area contributed by atoms with Gasteiger partial charge in [0.2, 0.25) is 5.91 Å². The minimum absolute atomic E-state index is 0.000651. The summed E-state index contributed by atoms with van der Waals surface area (Å²) in [5.41, 5.74) is 9.21. The molecule has 3 atom stereocenters. The van der Waals surface area contributed by atoms with Gasteiger partial charge in [0.05, 0.1) is 12.0 Å². The van der Waals surface area contributed by atoms with E-state index in [1.807, 2.05) is 42.5 Å². The van der Waals surface area contributed by atoms with Crippen LogP contribution in [0.4, 0.5) is 0 Å². The maximum absolute atomic E-state index is 11.9. The number of methoxy groups -OCH3 is 1. The second kappa shape index (κ2) is 10.9. The van der Waals surface area contributed by atoms with Crippen LogP contribution in [0.1, 0.15) is 60.2 Å². The fourth-order valence-electron chi connectivity index (χ4n) is 5.47. The smallest absolute Gasteiger partial charge is 0.306 e. The Morgan fingerprint density at radius 3 is 2.45 bits per heavy atom. The minimum Gasteiger partial charge on any atom is -0.481 e. The summed E-state index contributed by atoms with van der Waals surface area (Å²) in [4.78, 5) is 23.8. The van der Waals surface area contributed by atoms with Gasteiger partial charge in [-0.25, -0.2) is 0 Å². The molecule has 0 saturated carbocycles. The Kier molecular flexibility index (Phi) is 8.27. The molecule has 0 aromatic heterocycles. The molecule has 4 N–H and O–H groups in total. The van der Waals surface area contributed by atoms with Crippen LogP contribution in [0.2, 0.25) is 0 Å². The van der Waals surface area contributed by atoms with Crippen molar-refractivity contribution in [1.29, 1.82) is 0 Å². The first-order chi connectivity index (χ1) is 15.9. The number of fused-ring (bicyclic) bond motifs is 1. The SMILES string of the molecule is CCC1(CC)c2cc(C(N)=O)ccc2C[C@H](OC)[C@H]1NCC[C@H](Cc1ccccc1)C(=O)O. The molecule has 6 heteroatoms. The number of amides is 1. The average molecular weight is 453 g/mol. The van der Waals surface area contributed by atoms with Crippen molar-refractivity contribution < 1.29 is 19.4 Å². The van der Waals surface area contributed by atoms with Crippen molar-refractivity contribution >= 4 is 11.9 Å². The predicted octanol–water partition coefficient (Wildman–Crippen LogP) is 3.71. The Hall–Kier alpha value is -2.70. The monoisotopic (exact) mass is 452 g/mol. The second-order valence-corrected chi connectivity index (χ2v) is 9.02. The number of aliphatic carboxylic acids is 1. The van der Waals surface area contributed by atoms with Gasteiger partial charge in [-0.15, -0.1) is 0 Å². The minimum atomic E-state index is -0.777. The Morgan fingerprint density at radius 2 is 1.88 bits per heavy atom. The molecule has 0 bridgehead atoms. The molecule has 0 fully saturated rings. The summed E-state index contributed by atoms with van der Waals surface area (Å²) < 4.78 is 5.93. The Bertz CT molecular complexity index is 956. The first-order valence-corrected chi connectivity index (χ1v) is 11.8. The molecule has 178 valence electrons. The summed E-state index contributed by atoms with van der Waals surface area (Å²) in [7, 11) is 1.73. The van der Waals surface area contributed by atoms with Crippen LogP contribution in [0, 0.1) is 5.92 Å². The number of primary amides is 1. The van der Waals surface area contributed by atoms with Crippen molar-refractivity contribution in [3.05, 3.63) is 70.8 Å². The molecule has 0 heterocycles. The van der Waals surface area contributed by atoms with E-state index in [1.54, 1.807) is 13.2 Å². The van der Waals surface area contributed by atoms with Crippen LogP contribution < -0.4 is 11.1 Å². The highest BCUT2D eigenvalue weighted by molar-refractivity contribution is 5.93. The van der Waals surface area contributed by atoms with Gasteiger partial charge >= 0.3 is 5.97 Å². The second-order valence-electron chi connectivity index (χ2n) is 9.02. The fraction of sp³-hybridized carbons (Fsp3) is 0.481. The van der Waals surface area contributed by atoms with E-state index in [-0.39, 0.29) is 17.6 Å². The maximum Gasteiger partial charge on any atom is 0.306 e. The molecule has 0 saturated heterocycles. The van der Waals surface area contributed by atoms with Crippen LogP contribution >= 0.6 is 0 Å². The predicted molar refractivity (Wildman–Crippen MR) is 129 cm³/mol. The Labute approximate surface area is 196 Å². The third-order valence-corrected chi connectivity index (χ3v) is 7.41. The quantitative estimate of drug-likeness (QED) is 0.482. The number of carboxylic acids is 1. The lowest BCUT2D eigenvalue weighted by Gasteiger charge is -2.49. The molecule has 1 aliphatic rings. The van der Waals surface area contributed by atoms with E-state index in [0.29, 0.717) is 24.9 Å².